The number of hydrogen-bond donors (Lipinski definition) is 1. The van der Waals surface area contributed by atoms with Crippen molar-refractivity contribution >= 4 is 10.1 Å². The minimum absolute atomic E-state index is 0.0666. The highest BCUT2D eigenvalue weighted by molar-refractivity contribution is 7.85. The van der Waals surface area contributed by atoms with Gasteiger partial charge in [0, 0.05) is 0 Å². The van der Waals surface area contributed by atoms with Gasteiger partial charge >= 0.3 is 0 Å². The molecule has 0 saturated carbocycles. The van der Waals surface area contributed by atoms with Crippen LogP contribution in [0.2, 0.25) is 0 Å². The molecule has 0 bridgehead atoms. The molecule has 0 heterocycles. The first-order chi connectivity index (χ1) is 18.7. The molecular weight excluding hydrogens is 502 g/mol. The smallest absolute Gasteiger partial charge is 0.294 e. The highest BCUT2D eigenvalue weighted by atomic mass is 32.2. The normalized spacial score (nSPS) is 12.3. The predicted molar refractivity (Wildman–Crippen MR) is 168 cm³/mol. The molecule has 0 radical (unpaired) electrons. The van der Waals surface area contributed by atoms with E-state index in [1.807, 2.05) is 6.92 Å². The fourth-order valence-electron chi connectivity index (χ4n) is 4.98. The number of benzene rings is 2. The van der Waals surface area contributed by atoms with Gasteiger partial charge in [0.2, 0.25) is 0 Å². The van der Waals surface area contributed by atoms with Crippen molar-refractivity contribution in [3.05, 3.63) is 65.7 Å². The van der Waals surface area contributed by atoms with Crippen molar-refractivity contribution in [2.75, 3.05) is 20.6 Å². The summed E-state index contributed by atoms with van der Waals surface area (Å²) in [6.45, 7) is 5.37. The molecule has 0 aliphatic rings. The summed E-state index contributed by atoms with van der Waals surface area (Å²) in [6, 6.07) is 17.1. The van der Waals surface area contributed by atoms with Crippen LogP contribution in [-0.2, 0) is 16.5 Å². The molecule has 4 nitrogen and oxygen atoms in total. The van der Waals surface area contributed by atoms with Gasteiger partial charge in [0.1, 0.15) is 0 Å². The van der Waals surface area contributed by atoms with Crippen LogP contribution in [0.4, 0.5) is 0 Å². The molecule has 0 aliphatic carbocycles. The van der Waals surface area contributed by atoms with Crippen LogP contribution in [0.25, 0.3) is 0 Å². The number of nitrogens with zero attached hydrogens (tertiary/aromatic N) is 1. The molecule has 222 valence electrons. The van der Waals surface area contributed by atoms with Gasteiger partial charge in [-0.2, -0.15) is 8.42 Å². The van der Waals surface area contributed by atoms with Crippen molar-refractivity contribution in [3.8, 4) is 0 Å². The Kier molecular flexibility index (Phi) is 20.0. The first-order valence-corrected chi connectivity index (χ1v) is 16.9. The van der Waals surface area contributed by atoms with Gasteiger partial charge < -0.3 is 4.90 Å². The van der Waals surface area contributed by atoms with Gasteiger partial charge in [0.25, 0.3) is 10.1 Å². The number of hydrogen-bond acceptors (Lipinski definition) is 3. The van der Waals surface area contributed by atoms with Gasteiger partial charge in [-0.05, 0) is 70.4 Å². The second kappa shape index (κ2) is 22.1. The summed E-state index contributed by atoms with van der Waals surface area (Å²) in [5, 5.41) is 0. The lowest BCUT2D eigenvalue weighted by Crippen LogP contribution is -2.15. The van der Waals surface area contributed by atoms with Crippen molar-refractivity contribution in [1.29, 1.82) is 0 Å². The molecule has 0 fully saturated rings. The number of aryl methyl sites for hydroxylation is 1. The summed E-state index contributed by atoms with van der Waals surface area (Å²) in [4.78, 5) is 2.26. The Morgan fingerprint density at radius 3 is 1.67 bits per heavy atom. The molecule has 2 rings (SSSR count). The Morgan fingerprint density at radius 2 is 1.18 bits per heavy atom. The van der Waals surface area contributed by atoms with Crippen molar-refractivity contribution < 1.29 is 13.0 Å². The lowest BCUT2D eigenvalue weighted by atomic mass is 9.89. The molecule has 2 aromatic rings. The molecule has 0 aliphatic heterocycles. The third kappa shape index (κ3) is 19.9. The summed E-state index contributed by atoms with van der Waals surface area (Å²) in [6.07, 6.45) is 22.7. The Morgan fingerprint density at radius 1 is 0.692 bits per heavy atom. The Bertz CT molecular complexity index is 927. The zero-order chi connectivity index (χ0) is 28.8. The first kappa shape index (κ1) is 35.3. The van der Waals surface area contributed by atoms with Crippen LogP contribution in [0.5, 0.6) is 0 Å². The van der Waals surface area contributed by atoms with Gasteiger partial charge in [-0.3, -0.25) is 4.55 Å². The van der Waals surface area contributed by atoms with Crippen LogP contribution in [0.3, 0.4) is 0 Å². The highest BCUT2D eigenvalue weighted by Crippen LogP contribution is 2.22. The molecule has 0 saturated heterocycles. The number of unbranched alkanes of at least 4 members (excludes halogenated alkanes) is 11. The van der Waals surface area contributed by atoms with E-state index in [0.29, 0.717) is 0 Å². The summed E-state index contributed by atoms with van der Waals surface area (Å²) < 4.78 is 29.6. The van der Waals surface area contributed by atoms with Gasteiger partial charge in [0.15, 0.2) is 0 Å². The van der Waals surface area contributed by atoms with E-state index in [2.05, 4.69) is 56.3 Å². The van der Waals surface area contributed by atoms with Crippen LogP contribution in [0.15, 0.2) is 59.5 Å². The van der Waals surface area contributed by atoms with Crippen LogP contribution in [-0.4, -0.2) is 38.5 Å². The molecule has 0 aromatic heterocycles. The standard InChI is InChI=1S/C27H49N.C7H8O3S/c1-4-5-6-7-8-9-10-11-12-13-14-16-20-27(23-19-24-28(2)3)25-26-21-17-15-18-22-26;1-6-2-4-7(5-3-6)11(8,9)10/h15,17-18,21-22,27H,4-14,16,19-20,23-25H2,1-3H3;2-5H,1H3,(H,8,9,10). The Balaban J connectivity index is 0.000000573. The summed E-state index contributed by atoms with van der Waals surface area (Å²) in [5.41, 5.74) is 2.48. The molecule has 1 unspecified atom stereocenters. The van der Waals surface area contributed by atoms with Crippen molar-refractivity contribution in [2.24, 2.45) is 5.92 Å². The Hall–Kier alpha value is -1.69. The first-order valence-electron chi connectivity index (χ1n) is 15.4. The average Bonchev–Trinajstić information content (AvgIpc) is 2.89. The third-order valence-corrected chi connectivity index (χ3v) is 8.24. The Labute approximate surface area is 241 Å². The van der Waals surface area contributed by atoms with Crippen molar-refractivity contribution in [1.82, 2.24) is 4.90 Å². The molecule has 39 heavy (non-hydrogen) atoms. The van der Waals surface area contributed by atoms with Crippen LogP contribution >= 0.6 is 0 Å². The predicted octanol–water partition coefficient (Wildman–Crippen LogP) is 9.52. The molecule has 1 atom stereocenters. The van der Waals surface area contributed by atoms with E-state index >= 15 is 0 Å². The maximum atomic E-state index is 10.5. The zero-order valence-electron chi connectivity index (χ0n) is 25.4. The van der Waals surface area contributed by atoms with Gasteiger partial charge in [-0.1, -0.05) is 138 Å². The number of rotatable bonds is 20. The highest BCUT2D eigenvalue weighted by Gasteiger charge is 2.10. The van der Waals surface area contributed by atoms with Crippen molar-refractivity contribution in [2.45, 2.75) is 121 Å². The summed E-state index contributed by atoms with van der Waals surface area (Å²) >= 11 is 0. The van der Waals surface area contributed by atoms with Gasteiger partial charge in [-0.25, -0.2) is 0 Å². The van der Waals surface area contributed by atoms with Crippen LogP contribution in [0, 0.1) is 12.8 Å². The minimum Gasteiger partial charge on any atom is -0.309 e. The van der Waals surface area contributed by atoms with Gasteiger partial charge in [0.05, 0.1) is 4.90 Å². The van der Waals surface area contributed by atoms with Crippen molar-refractivity contribution in [3.63, 3.8) is 0 Å². The lowest BCUT2D eigenvalue weighted by Gasteiger charge is -2.18. The summed E-state index contributed by atoms with van der Waals surface area (Å²) in [7, 11) is 0.364. The quantitative estimate of drug-likeness (QED) is 0.130. The largest absolute Gasteiger partial charge is 0.309 e. The summed E-state index contributed by atoms with van der Waals surface area (Å²) in [5.74, 6) is 0.866. The van der Waals surface area contributed by atoms with E-state index in [4.69, 9.17) is 4.55 Å². The van der Waals surface area contributed by atoms with E-state index in [1.54, 1.807) is 12.1 Å². The fraction of sp³-hybridized carbons (Fsp3) is 0.647. The lowest BCUT2D eigenvalue weighted by molar-refractivity contribution is 0.349. The molecule has 1 N–H and O–H groups in total. The van der Waals surface area contributed by atoms with E-state index in [-0.39, 0.29) is 4.90 Å². The fourth-order valence-corrected chi connectivity index (χ4v) is 5.46. The van der Waals surface area contributed by atoms with Crippen LogP contribution < -0.4 is 0 Å². The molecular formula is C34H57NO3S. The van der Waals surface area contributed by atoms with E-state index in [1.165, 1.54) is 127 Å². The maximum absolute atomic E-state index is 10.5. The maximum Gasteiger partial charge on any atom is 0.294 e. The SMILES string of the molecule is CCCCCCCCCCCCCCC(CCCN(C)C)Cc1ccccc1.Cc1ccc(S(=O)(=O)O)cc1. The molecule has 0 spiro atoms. The van der Waals surface area contributed by atoms with Crippen LogP contribution in [0.1, 0.15) is 114 Å². The second-order valence-corrected chi connectivity index (χ2v) is 12.9. The zero-order valence-corrected chi connectivity index (χ0v) is 26.2. The second-order valence-electron chi connectivity index (χ2n) is 11.5. The molecule has 2 aromatic carbocycles. The molecule has 5 heteroatoms. The third-order valence-electron chi connectivity index (χ3n) is 7.37. The average molecular weight is 560 g/mol. The van der Waals surface area contributed by atoms with E-state index < -0.39 is 10.1 Å². The topological polar surface area (TPSA) is 57.6 Å². The van der Waals surface area contributed by atoms with Gasteiger partial charge in [-0.15, -0.1) is 0 Å². The monoisotopic (exact) mass is 559 g/mol. The molecule has 0 amide bonds. The van der Waals surface area contributed by atoms with E-state index in [0.717, 1.165) is 11.5 Å². The van der Waals surface area contributed by atoms with E-state index in [9.17, 15) is 8.42 Å². The minimum atomic E-state index is -4.02.